The monoisotopic (exact) mass is 120 g/mol. The Labute approximate surface area is 50.8 Å². The van der Waals surface area contributed by atoms with Crippen molar-refractivity contribution in [3.63, 3.8) is 0 Å². The number of aliphatic carboxylic acids is 2. The molecule has 0 aliphatic heterocycles. The van der Waals surface area contributed by atoms with Crippen molar-refractivity contribution in [2.75, 3.05) is 0 Å². The molecule has 0 bridgehead atoms. The van der Waals surface area contributed by atoms with Gasteiger partial charge in [0.05, 0.1) is 2.74 Å². The first kappa shape index (κ1) is 2.30. The molecule has 0 aromatic heterocycles. The van der Waals surface area contributed by atoms with Crippen molar-refractivity contribution in [2.24, 2.45) is 0 Å². The molecule has 0 amide bonds. The van der Waals surface area contributed by atoms with E-state index in [4.69, 9.17) is 5.60 Å². The molecule has 0 heterocycles. The molecule has 0 spiro atoms. The Hall–Kier alpha value is -1.32. The van der Waals surface area contributed by atoms with Gasteiger partial charge in [0.2, 0.25) is 0 Å². The molecule has 0 aromatic rings. The lowest BCUT2D eigenvalue weighted by molar-refractivity contribution is -0.134. The maximum absolute atomic E-state index is 10.3. The molecule has 8 heavy (non-hydrogen) atoms. The fraction of sp³-hybridized carbons (Fsp3) is 0. The predicted octanol–water partition coefficient (Wildman–Crippen LogP) is -0.288. The van der Waals surface area contributed by atoms with Crippen LogP contribution in [0.5, 0.6) is 0 Å². The largest absolute Gasteiger partial charge is 0.478 e. The number of carbonyl (C=O) groups is 2. The summed E-state index contributed by atoms with van der Waals surface area (Å²) in [7, 11) is 0. The standard InChI is InChI=1S/C4H4O4/c5-3(6)1-2-4(7)8/h1-2H,(H,5,6)(H,7,8)/b2-1-/i1D,2D/hD2. The van der Waals surface area contributed by atoms with Gasteiger partial charge in [0.1, 0.15) is 0 Å². The van der Waals surface area contributed by atoms with E-state index in [1.807, 2.05) is 0 Å². The molecule has 2 N–H and O–H groups in total. The molecule has 0 radical (unpaired) electrons. The molecule has 4 heteroatoms. The first-order valence-corrected chi connectivity index (χ1v) is 1.57. The third-order valence-corrected chi connectivity index (χ3v) is 0.267. The summed E-state index contributed by atoms with van der Waals surface area (Å²) >= 11 is 0. The van der Waals surface area contributed by atoms with Crippen LogP contribution in [0.1, 0.15) is 2.74 Å². The first-order chi connectivity index (χ1) is 5.54. The topological polar surface area (TPSA) is 74.6 Å². The van der Waals surface area contributed by atoms with Crippen LogP contribution in [0, 0.1) is 0 Å². The first-order valence-electron chi connectivity index (χ1n) is 3.38. The van der Waals surface area contributed by atoms with E-state index < -0.39 is 24.0 Å². The van der Waals surface area contributed by atoms with Gasteiger partial charge in [0.15, 0.2) is 0 Å². The Morgan fingerprint density at radius 1 is 1.38 bits per heavy atom. The number of carboxylic acid groups (broad SMARTS) is 2. The molecule has 0 aromatic carbocycles. The highest BCUT2D eigenvalue weighted by atomic mass is 16.4. The molecule has 44 valence electrons. The Kier molecular flexibility index (Phi) is 0.802. The van der Waals surface area contributed by atoms with Crippen molar-refractivity contribution < 1.29 is 22.5 Å². The zero-order valence-corrected chi connectivity index (χ0v) is 3.63. The second-order valence-electron chi connectivity index (χ2n) is 0.825. The SMILES string of the molecule is [2H]OC(=O)/C([2H])=C(/[2H])C(=O)O[2H]. The fourth-order valence-corrected chi connectivity index (χ4v) is 0.102. The zero-order chi connectivity index (χ0) is 9.72. The van der Waals surface area contributed by atoms with E-state index in [2.05, 4.69) is 10.2 Å². The fourth-order valence-electron chi connectivity index (χ4n) is 0.102. The summed E-state index contributed by atoms with van der Waals surface area (Å²) in [6.07, 6.45) is 0. The van der Waals surface area contributed by atoms with Crippen LogP contribution in [0.25, 0.3) is 2.86 Å². The molecule has 0 fully saturated rings. The van der Waals surface area contributed by atoms with E-state index in [-0.39, 0.29) is 0 Å². The minimum absolute atomic E-state index is 1.12. The number of rotatable bonds is 2. The van der Waals surface area contributed by atoms with Gasteiger partial charge < -0.3 is 10.2 Å². The minimum atomic E-state index is -1.45. The third kappa shape index (κ3) is 4.68. The van der Waals surface area contributed by atoms with Crippen LogP contribution >= 0.6 is 0 Å². The quantitative estimate of drug-likeness (QED) is 0.491. The van der Waals surface area contributed by atoms with E-state index in [0.29, 0.717) is 0 Å². The predicted molar refractivity (Wildman–Crippen MR) is 24.4 cm³/mol. The number of carboxylic acids is 2. The van der Waals surface area contributed by atoms with Gasteiger partial charge >= 0.3 is 11.9 Å². The Morgan fingerprint density at radius 3 is 2.00 bits per heavy atom. The van der Waals surface area contributed by atoms with Crippen LogP contribution < -0.4 is 0 Å². The van der Waals surface area contributed by atoms with Gasteiger partial charge in [-0.3, -0.25) is 0 Å². The van der Waals surface area contributed by atoms with Crippen molar-refractivity contribution in [3.8, 4) is 0 Å². The summed E-state index contributed by atoms with van der Waals surface area (Å²) in [5.74, 6) is -2.91. The van der Waals surface area contributed by atoms with E-state index in [1.165, 1.54) is 0 Å². The van der Waals surface area contributed by atoms with Gasteiger partial charge in [0.25, 0.3) is 2.86 Å². The normalized spacial score (nSPS) is 18.0. The molecule has 0 saturated heterocycles. The van der Waals surface area contributed by atoms with Gasteiger partial charge in [-0.2, -0.15) is 0 Å². The van der Waals surface area contributed by atoms with Crippen LogP contribution in [0.15, 0.2) is 12.1 Å². The van der Waals surface area contributed by atoms with Gasteiger partial charge in [-0.1, -0.05) is 0 Å². The van der Waals surface area contributed by atoms with Crippen molar-refractivity contribution in [1.82, 2.24) is 0 Å². The molecule has 0 aliphatic carbocycles. The van der Waals surface area contributed by atoms with Gasteiger partial charge in [0, 0.05) is 12.1 Å². The van der Waals surface area contributed by atoms with Crippen molar-refractivity contribution in [2.45, 2.75) is 0 Å². The second kappa shape index (κ2) is 2.79. The lowest BCUT2D eigenvalue weighted by atomic mass is 10.5. The van der Waals surface area contributed by atoms with E-state index >= 15 is 0 Å². The van der Waals surface area contributed by atoms with Crippen molar-refractivity contribution in [3.05, 3.63) is 12.1 Å². The minimum Gasteiger partial charge on any atom is -0.478 e. The average molecular weight is 120 g/mol. The van der Waals surface area contributed by atoms with Gasteiger partial charge in [-0.05, 0) is 0 Å². The number of hydrogen-bond donors (Lipinski definition) is 2. The highest BCUT2D eigenvalue weighted by molar-refractivity contribution is 5.89. The number of hydrogen-bond acceptors (Lipinski definition) is 4. The lowest BCUT2D eigenvalue weighted by Gasteiger charge is -1.74. The van der Waals surface area contributed by atoms with Crippen LogP contribution in [0.2, 0.25) is 0 Å². The van der Waals surface area contributed by atoms with E-state index in [9.17, 15) is 9.59 Å². The van der Waals surface area contributed by atoms with Gasteiger partial charge in [-0.25, -0.2) is 9.59 Å². The highest BCUT2D eigenvalue weighted by Gasteiger charge is 1.88. The van der Waals surface area contributed by atoms with Crippen LogP contribution in [0.4, 0.5) is 0 Å². The summed E-state index contributed by atoms with van der Waals surface area (Å²) in [5, 5.41) is 6.61. The summed E-state index contributed by atoms with van der Waals surface area (Å²) < 4.78 is 25.6. The maximum Gasteiger partial charge on any atom is 0.328 e. The van der Waals surface area contributed by atoms with Crippen LogP contribution in [-0.4, -0.2) is 22.2 Å². The van der Waals surface area contributed by atoms with Gasteiger partial charge in [-0.15, -0.1) is 0 Å². The molecule has 0 atom stereocenters. The smallest absolute Gasteiger partial charge is 0.328 e. The third-order valence-electron chi connectivity index (χ3n) is 0.267. The summed E-state index contributed by atoms with van der Waals surface area (Å²) in [4.78, 5) is 20.7. The zero-order valence-electron chi connectivity index (χ0n) is 7.63. The van der Waals surface area contributed by atoms with Crippen molar-refractivity contribution >= 4 is 11.9 Å². The highest BCUT2D eigenvalue weighted by Crippen LogP contribution is 1.70. The van der Waals surface area contributed by atoms with E-state index in [1.54, 1.807) is 0 Å². The Balaban J connectivity index is 4.68. The molecule has 4 nitrogen and oxygen atoms in total. The summed E-state index contributed by atoms with van der Waals surface area (Å²) in [6, 6.07) is -2.25. The van der Waals surface area contributed by atoms with Crippen LogP contribution in [-0.2, 0) is 9.59 Å². The molecular formula is C4H4O4. The Morgan fingerprint density at radius 2 is 1.75 bits per heavy atom. The Bertz CT molecular complexity index is 211. The maximum atomic E-state index is 10.3. The van der Waals surface area contributed by atoms with Crippen LogP contribution in [0.3, 0.4) is 0 Å². The van der Waals surface area contributed by atoms with Crippen molar-refractivity contribution in [1.29, 1.82) is 2.86 Å². The molecule has 0 saturated carbocycles. The average Bonchev–Trinajstić information content (AvgIpc) is 2.12. The van der Waals surface area contributed by atoms with E-state index in [0.717, 1.165) is 0 Å². The molecule has 0 rings (SSSR count). The summed E-state index contributed by atoms with van der Waals surface area (Å²) in [5.41, 5.74) is 0. The molecule has 0 aliphatic rings. The lowest BCUT2D eigenvalue weighted by Crippen LogP contribution is -1.91. The molecule has 0 unspecified atom stereocenters. The molecular weight excluding hydrogens is 112 g/mol. The second-order valence-corrected chi connectivity index (χ2v) is 0.825. The summed E-state index contributed by atoms with van der Waals surface area (Å²) in [6.45, 7) is 0.